The molecule has 1 unspecified atom stereocenters. The lowest BCUT2D eigenvalue weighted by Gasteiger charge is -2.19. The van der Waals surface area contributed by atoms with Crippen molar-refractivity contribution in [2.24, 2.45) is 7.05 Å². The molecule has 0 radical (unpaired) electrons. The largest absolute Gasteiger partial charge is 0.338 e. The van der Waals surface area contributed by atoms with Crippen LogP contribution in [0.3, 0.4) is 0 Å². The molecule has 4 nitrogen and oxygen atoms in total. The van der Waals surface area contributed by atoms with Crippen molar-refractivity contribution in [2.75, 3.05) is 26.2 Å². The maximum atomic E-state index is 4.34. The molecule has 0 saturated carbocycles. The van der Waals surface area contributed by atoms with E-state index in [1.54, 1.807) is 0 Å². The molecular weight excluding hydrogens is 236 g/mol. The predicted octanol–water partition coefficient (Wildman–Crippen LogP) is 2.06. The van der Waals surface area contributed by atoms with Crippen LogP contribution in [0.25, 0.3) is 0 Å². The van der Waals surface area contributed by atoms with Gasteiger partial charge in [-0.1, -0.05) is 13.8 Å². The van der Waals surface area contributed by atoms with E-state index >= 15 is 0 Å². The molecule has 0 fully saturated rings. The zero-order valence-corrected chi connectivity index (χ0v) is 13.0. The van der Waals surface area contributed by atoms with Crippen molar-refractivity contribution in [3.8, 4) is 0 Å². The molecule has 4 heteroatoms. The fourth-order valence-corrected chi connectivity index (χ4v) is 2.33. The smallest absolute Gasteiger partial charge is 0.109 e. The van der Waals surface area contributed by atoms with Gasteiger partial charge in [0.2, 0.25) is 0 Å². The minimum atomic E-state index is 0.593. The van der Waals surface area contributed by atoms with Gasteiger partial charge in [-0.15, -0.1) is 0 Å². The van der Waals surface area contributed by atoms with Crippen molar-refractivity contribution >= 4 is 0 Å². The molecule has 1 heterocycles. The minimum Gasteiger partial charge on any atom is -0.338 e. The lowest BCUT2D eigenvalue weighted by molar-refractivity contribution is 0.290. The van der Waals surface area contributed by atoms with Gasteiger partial charge >= 0.3 is 0 Å². The fraction of sp³-hybridized carbons (Fsp3) is 0.800. The summed E-state index contributed by atoms with van der Waals surface area (Å²) < 4.78 is 2.09. The van der Waals surface area contributed by atoms with Crippen LogP contribution >= 0.6 is 0 Å². The first kappa shape index (κ1) is 16.2. The summed E-state index contributed by atoms with van der Waals surface area (Å²) in [5.41, 5.74) is 0. The molecule has 0 aliphatic heterocycles. The summed E-state index contributed by atoms with van der Waals surface area (Å²) >= 11 is 0. The second-order valence-corrected chi connectivity index (χ2v) is 5.23. The van der Waals surface area contributed by atoms with Gasteiger partial charge in [0.1, 0.15) is 5.82 Å². The second-order valence-electron chi connectivity index (χ2n) is 5.23. The van der Waals surface area contributed by atoms with Gasteiger partial charge in [0.05, 0.1) is 0 Å². The van der Waals surface area contributed by atoms with Crippen molar-refractivity contribution in [3.05, 3.63) is 18.2 Å². The molecule has 0 aromatic carbocycles. The monoisotopic (exact) mass is 266 g/mol. The highest BCUT2D eigenvalue weighted by atomic mass is 15.1. The van der Waals surface area contributed by atoms with Gasteiger partial charge in [-0.05, 0) is 39.4 Å². The molecule has 1 atom stereocenters. The average Bonchev–Trinajstić information content (AvgIpc) is 2.80. The normalized spacial score (nSPS) is 13.1. The van der Waals surface area contributed by atoms with E-state index in [4.69, 9.17) is 0 Å². The first-order valence-electron chi connectivity index (χ1n) is 7.59. The van der Waals surface area contributed by atoms with E-state index in [0.29, 0.717) is 6.04 Å². The topological polar surface area (TPSA) is 33.1 Å². The molecule has 0 spiro atoms. The summed E-state index contributed by atoms with van der Waals surface area (Å²) in [5.74, 6) is 1.16. The lowest BCUT2D eigenvalue weighted by atomic mass is 10.1. The van der Waals surface area contributed by atoms with Gasteiger partial charge in [-0.3, -0.25) is 0 Å². The standard InChI is InChI=1S/C15H30N4/c1-5-19(6-2)12-7-8-14(3)16-10-9-15-17-11-13-18(15)4/h11,13-14,16H,5-10,12H2,1-4H3. The lowest BCUT2D eigenvalue weighted by Crippen LogP contribution is -2.30. The Kier molecular flexibility index (Phi) is 7.75. The number of nitrogens with one attached hydrogen (secondary N) is 1. The van der Waals surface area contributed by atoms with Crippen LogP contribution in [0, 0.1) is 0 Å². The van der Waals surface area contributed by atoms with E-state index in [9.17, 15) is 0 Å². The number of aryl methyl sites for hydroxylation is 1. The average molecular weight is 266 g/mol. The number of rotatable bonds is 10. The molecule has 0 aliphatic carbocycles. The van der Waals surface area contributed by atoms with Crippen LogP contribution in [0.15, 0.2) is 12.4 Å². The van der Waals surface area contributed by atoms with Crippen LogP contribution in [-0.2, 0) is 13.5 Å². The predicted molar refractivity (Wildman–Crippen MR) is 81.4 cm³/mol. The van der Waals surface area contributed by atoms with Crippen LogP contribution < -0.4 is 5.32 Å². The first-order valence-corrected chi connectivity index (χ1v) is 7.59. The third-order valence-electron chi connectivity index (χ3n) is 3.77. The molecule has 110 valence electrons. The van der Waals surface area contributed by atoms with E-state index in [1.807, 2.05) is 12.4 Å². The van der Waals surface area contributed by atoms with Gasteiger partial charge in [0.15, 0.2) is 0 Å². The number of aromatic nitrogens is 2. The highest BCUT2D eigenvalue weighted by molar-refractivity contribution is 4.91. The molecule has 0 aliphatic rings. The molecule has 0 bridgehead atoms. The Morgan fingerprint density at radius 2 is 2.11 bits per heavy atom. The Morgan fingerprint density at radius 1 is 1.37 bits per heavy atom. The summed E-state index contributed by atoms with van der Waals surface area (Å²) in [6.45, 7) is 11.3. The van der Waals surface area contributed by atoms with Gasteiger partial charge in [0.25, 0.3) is 0 Å². The van der Waals surface area contributed by atoms with Gasteiger partial charge < -0.3 is 14.8 Å². The van der Waals surface area contributed by atoms with Crippen LogP contribution in [0.5, 0.6) is 0 Å². The molecule has 0 saturated heterocycles. The Labute approximate surface area is 118 Å². The summed E-state index contributed by atoms with van der Waals surface area (Å²) in [6.07, 6.45) is 7.39. The number of imidazole rings is 1. The molecule has 0 amide bonds. The van der Waals surface area contributed by atoms with Gasteiger partial charge in [0, 0.05) is 38.4 Å². The van der Waals surface area contributed by atoms with Crippen molar-refractivity contribution < 1.29 is 0 Å². The van der Waals surface area contributed by atoms with Crippen LogP contribution in [-0.4, -0.2) is 46.7 Å². The Hall–Kier alpha value is -0.870. The van der Waals surface area contributed by atoms with E-state index in [2.05, 4.69) is 47.6 Å². The number of nitrogens with zero attached hydrogens (tertiary/aromatic N) is 3. The summed E-state index contributed by atoms with van der Waals surface area (Å²) in [7, 11) is 2.05. The molecule has 1 rings (SSSR count). The Bertz CT molecular complexity index is 331. The maximum absolute atomic E-state index is 4.34. The summed E-state index contributed by atoms with van der Waals surface area (Å²) in [6, 6.07) is 0.593. The van der Waals surface area contributed by atoms with Crippen molar-refractivity contribution in [1.82, 2.24) is 19.8 Å². The highest BCUT2D eigenvalue weighted by Crippen LogP contribution is 2.00. The van der Waals surface area contributed by atoms with E-state index in [1.165, 1.54) is 19.4 Å². The Balaban J connectivity index is 2.08. The molecule has 1 N–H and O–H groups in total. The van der Waals surface area contributed by atoms with Crippen molar-refractivity contribution in [3.63, 3.8) is 0 Å². The van der Waals surface area contributed by atoms with Crippen LogP contribution in [0.2, 0.25) is 0 Å². The first-order chi connectivity index (χ1) is 9.17. The van der Waals surface area contributed by atoms with E-state index in [0.717, 1.165) is 31.9 Å². The highest BCUT2D eigenvalue weighted by Gasteiger charge is 2.04. The quantitative estimate of drug-likeness (QED) is 0.704. The second kappa shape index (κ2) is 9.10. The SMILES string of the molecule is CCN(CC)CCCC(C)NCCc1nccn1C. The minimum absolute atomic E-state index is 0.593. The maximum Gasteiger partial charge on any atom is 0.109 e. The van der Waals surface area contributed by atoms with Crippen LogP contribution in [0.4, 0.5) is 0 Å². The van der Waals surface area contributed by atoms with Crippen molar-refractivity contribution in [1.29, 1.82) is 0 Å². The van der Waals surface area contributed by atoms with Crippen LogP contribution in [0.1, 0.15) is 39.4 Å². The van der Waals surface area contributed by atoms with E-state index in [-0.39, 0.29) is 0 Å². The fourth-order valence-electron chi connectivity index (χ4n) is 2.33. The third kappa shape index (κ3) is 6.21. The molecular formula is C15H30N4. The zero-order valence-electron chi connectivity index (χ0n) is 13.0. The Morgan fingerprint density at radius 3 is 2.68 bits per heavy atom. The zero-order chi connectivity index (χ0) is 14.1. The molecule has 1 aromatic heterocycles. The van der Waals surface area contributed by atoms with Gasteiger partial charge in [-0.25, -0.2) is 4.98 Å². The summed E-state index contributed by atoms with van der Waals surface area (Å²) in [4.78, 5) is 6.82. The summed E-state index contributed by atoms with van der Waals surface area (Å²) in [5, 5.41) is 3.59. The van der Waals surface area contributed by atoms with Gasteiger partial charge in [-0.2, -0.15) is 0 Å². The molecule has 1 aromatic rings. The van der Waals surface area contributed by atoms with Crippen molar-refractivity contribution in [2.45, 2.75) is 46.1 Å². The molecule has 19 heavy (non-hydrogen) atoms. The third-order valence-corrected chi connectivity index (χ3v) is 3.77. The van der Waals surface area contributed by atoms with E-state index < -0.39 is 0 Å². The number of hydrogen-bond donors (Lipinski definition) is 1. The number of hydrogen-bond acceptors (Lipinski definition) is 3.